The second kappa shape index (κ2) is 7.58. The molecule has 0 aromatic rings. The van der Waals surface area contributed by atoms with Gasteiger partial charge in [-0.05, 0) is 19.3 Å². The van der Waals surface area contributed by atoms with Crippen molar-refractivity contribution < 1.29 is 4.79 Å². The Morgan fingerprint density at radius 1 is 1.65 bits per heavy atom. The molecule has 0 aromatic heterocycles. The maximum atomic E-state index is 11.5. The second-order valence-electron chi connectivity index (χ2n) is 4.62. The van der Waals surface area contributed by atoms with Gasteiger partial charge in [-0.25, -0.2) is 0 Å². The lowest BCUT2D eigenvalue weighted by Crippen LogP contribution is -2.35. The minimum absolute atomic E-state index is 0.113. The van der Waals surface area contributed by atoms with Crippen LogP contribution in [-0.4, -0.2) is 36.0 Å². The molecule has 1 amide bonds. The molecule has 1 aliphatic rings. The van der Waals surface area contributed by atoms with Crippen LogP contribution < -0.4 is 10.6 Å². The molecule has 0 aromatic carbocycles. The molecule has 4 nitrogen and oxygen atoms in total. The smallest absolute Gasteiger partial charge is 0.221 e. The highest BCUT2D eigenvalue weighted by molar-refractivity contribution is 8.13. The lowest BCUT2D eigenvalue weighted by Gasteiger charge is -2.18. The number of thioether (sulfide) groups is 1. The topological polar surface area (TPSA) is 53.5 Å². The monoisotopic (exact) mass is 257 g/mol. The third-order valence-corrected chi connectivity index (χ3v) is 3.98. The van der Waals surface area contributed by atoms with Crippen LogP contribution in [0.15, 0.2) is 4.99 Å². The zero-order chi connectivity index (χ0) is 12.7. The van der Waals surface area contributed by atoms with Crippen molar-refractivity contribution in [3.63, 3.8) is 0 Å². The van der Waals surface area contributed by atoms with E-state index in [-0.39, 0.29) is 11.9 Å². The molecule has 0 saturated heterocycles. The first kappa shape index (κ1) is 14.4. The molecule has 0 bridgehead atoms. The van der Waals surface area contributed by atoms with Crippen LogP contribution in [0.25, 0.3) is 0 Å². The minimum Gasteiger partial charge on any atom is -0.364 e. The first-order valence-electron chi connectivity index (χ1n) is 6.32. The third-order valence-electron chi connectivity index (χ3n) is 2.70. The molecule has 0 fully saturated rings. The van der Waals surface area contributed by atoms with Gasteiger partial charge in [-0.1, -0.05) is 25.6 Å². The Bertz CT molecular complexity index is 281. The van der Waals surface area contributed by atoms with Gasteiger partial charge >= 0.3 is 0 Å². The number of amides is 1. The predicted octanol–water partition coefficient (Wildman–Crippen LogP) is 1.62. The van der Waals surface area contributed by atoms with Crippen LogP contribution in [0.5, 0.6) is 0 Å². The summed E-state index contributed by atoms with van der Waals surface area (Å²) in [5.74, 6) is 1.89. The molecule has 2 N–H and O–H groups in total. The zero-order valence-corrected chi connectivity index (χ0v) is 11.8. The Hall–Kier alpha value is -0.710. The lowest BCUT2D eigenvalue weighted by atomic mass is 10.2. The van der Waals surface area contributed by atoms with Gasteiger partial charge in [0.2, 0.25) is 5.91 Å². The summed E-state index contributed by atoms with van der Waals surface area (Å²) in [6, 6.07) is 0.268. The van der Waals surface area contributed by atoms with E-state index in [0.29, 0.717) is 18.9 Å². The summed E-state index contributed by atoms with van der Waals surface area (Å²) < 4.78 is 0. The number of aliphatic imine (C=N–C) groups is 1. The molecule has 17 heavy (non-hydrogen) atoms. The molecule has 1 aliphatic heterocycles. The Morgan fingerprint density at radius 3 is 3.00 bits per heavy atom. The van der Waals surface area contributed by atoms with Crippen LogP contribution in [-0.2, 0) is 4.79 Å². The predicted molar refractivity (Wildman–Crippen MR) is 74.4 cm³/mol. The first-order valence-corrected chi connectivity index (χ1v) is 7.30. The summed E-state index contributed by atoms with van der Waals surface area (Å²) in [5, 5.41) is 7.15. The number of nitrogens with zero attached hydrogens (tertiary/aromatic N) is 1. The highest BCUT2D eigenvalue weighted by atomic mass is 32.2. The first-order chi connectivity index (χ1) is 8.11. The quantitative estimate of drug-likeness (QED) is 0.787. The van der Waals surface area contributed by atoms with E-state index in [1.807, 2.05) is 6.92 Å². The van der Waals surface area contributed by atoms with Gasteiger partial charge < -0.3 is 10.6 Å². The van der Waals surface area contributed by atoms with Crippen LogP contribution in [0.2, 0.25) is 0 Å². The summed E-state index contributed by atoms with van der Waals surface area (Å²) in [6.07, 6.45) is 1.49. The van der Waals surface area contributed by atoms with Gasteiger partial charge in [-0.15, -0.1) is 0 Å². The van der Waals surface area contributed by atoms with Gasteiger partial charge in [0.05, 0.1) is 0 Å². The molecule has 5 heteroatoms. The third kappa shape index (κ3) is 5.96. The van der Waals surface area contributed by atoms with Crippen LogP contribution >= 0.6 is 11.8 Å². The van der Waals surface area contributed by atoms with Crippen molar-refractivity contribution in [3.8, 4) is 0 Å². The average molecular weight is 257 g/mol. The largest absolute Gasteiger partial charge is 0.364 e. The summed E-state index contributed by atoms with van der Waals surface area (Å²) in [6.45, 7) is 7.86. The van der Waals surface area contributed by atoms with E-state index in [4.69, 9.17) is 0 Å². The summed E-state index contributed by atoms with van der Waals surface area (Å²) in [5.41, 5.74) is 0. The molecule has 0 aliphatic carbocycles. The van der Waals surface area contributed by atoms with E-state index in [2.05, 4.69) is 29.5 Å². The molecule has 2 atom stereocenters. The fourth-order valence-corrected chi connectivity index (χ4v) is 2.31. The number of hydrogen-bond acceptors (Lipinski definition) is 4. The van der Waals surface area contributed by atoms with Crippen molar-refractivity contribution in [1.29, 1.82) is 0 Å². The number of carbonyl (C=O) groups excluding carboxylic acids is 1. The van der Waals surface area contributed by atoms with Crippen molar-refractivity contribution >= 4 is 22.8 Å². The van der Waals surface area contributed by atoms with E-state index in [1.54, 1.807) is 11.8 Å². The summed E-state index contributed by atoms with van der Waals surface area (Å²) >= 11 is 1.75. The number of rotatable bonds is 5. The Balaban J connectivity index is 2.13. The van der Waals surface area contributed by atoms with Crippen LogP contribution in [0.3, 0.4) is 0 Å². The van der Waals surface area contributed by atoms with E-state index in [9.17, 15) is 4.79 Å². The zero-order valence-electron chi connectivity index (χ0n) is 11.0. The molecule has 0 radical (unpaired) electrons. The SMILES string of the molecule is CCC(C)NC(=O)CCNC1=NCC(C)CS1. The molecule has 98 valence electrons. The van der Waals surface area contributed by atoms with Gasteiger partial charge in [0.15, 0.2) is 5.17 Å². The van der Waals surface area contributed by atoms with Crippen molar-refractivity contribution in [1.82, 2.24) is 10.6 Å². The van der Waals surface area contributed by atoms with E-state index >= 15 is 0 Å². The molecular formula is C12H23N3OS. The van der Waals surface area contributed by atoms with Crippen molar-refractivity contribution in [2.24, 2.45) is 10.9 Å². The summed E-state index contributed by atoms with van der Waals surface area (Å²) in [4.78, 5) is 15.9. The van der Waals surface area contributed by atoms with E-state index in [0.717, 1.165) is 23.9 Å². The Labute approximate surface area is 108 Å². The van der Waals surface area contributed by atoms with Crippen LogP contribution in [0.4, 0.5) is 0 Å². The van der Waals surface area contributed by atoms with Gasteiger partial charge in [-0.2, -0.15) is 0 Å². The van der Waals surface area contributed by atoms with E-state index < -0.39 is 0 Å². The van der Waals surface area contributed by atoms with Crippen LogP contribution in [0.1, 0.15) is 33.6 Å². The maximum Gasteiger partial charge on any atom is 0.221 e. The minimum atomic E-state index is 0.113. The summed E-state index contributed by atoms with van der Waals surface area (Å²) in [7, 11) is 0. The highest BCUT2D eigenvalue weighted by Gasteiger charge is 2.12. The Morgan fingerprint density at radius 2 is 2.41 bits per heavy atom. The van der Waals surface area contributed by atoms with Crippen molar-refractivity contribution in [3.05, 3.63) is 0 Å². The molecule has 0 saturated carbocycles. The standard InChI is InChI=1S/C12H23N3OS/c1-4-10(3)15-11(16)5-6-13-12-14-7-9(2)8-17-12/h9-10H,4-8H2,1-3H3,(H,13,14)(H,15,16). The van der Waals surface area contributed by atoms with E-state index in [1.165, 1.54) is 0 Å². The molecule has 1 heterocycles. The highest BCUT2D eigenvalue weighted by Crippen LogP contribution is 2.15. The maximum absolute atomic E-state index is 11.5. The van der Waals surface area contributed by atoms with Gasteiger partial charge in [0.1, 0.15) is 0 Å². The molecule has 2 unspecified atom stereocenters. The second-order valence-corrected chi connectivity index (χ2v) is 5.62. The molecule has 0 spiro atoms. The number of nitrogens with one attached hydrogen (secondary N) is 2. The van der Waals surface area contributed by atoms with Crippen molar-refractivity contribution in [2.75, 3.05) is 18.8 Å². The van der Waals surface area contributed by atoms with Crippen molar-refractivity contribution in [2.45, 2.75) is 39.7 Å². The van der Waals surface area contributed by atoms with Crippen LogP contribution in [0, 0.1) is 5.92 Å². The lowest BCUT2D eigenvalue weighted by molar-refractivity contribution is -0.121. The fourth-order valence-electron chi connectivity index (χ4n) is 1.40. The molecule has 1 rings (SSSR count). The number of hydrogen-bond donors (Lipinski definition) is 2. The van der Waals surface area contributed by atoms with Gasteiger partial charge in [0, 0.05) is 31.3 Å². The number of amidine groups is 1. The fraction of sp³-hybridized carbons (Fsp3) is 0.833. The molecular weight excluding hydrogens is 234 g/mol. The average Bonchev–Trinajstić information content (AvgIpc) is 2.31. The van der Waals surface area contributed by atoms with Gasteiger partial charge in [-0.3, -0.25) is 9.79 Å². The Kier molecular flexibility index (Phi) is 6.40. The number of carbonyl (C=O) groups is 1. The van der Waals surface area contributed by atoms with Gasteiger partial charge in [0.25, 0.3) is 0 Å². The normalized spacial score (nSPS) is 21.6.